The van der Waals surface area contributed by atoms with Gasteiger partial charge in [-0.3, -0.25) is 14.6 Å². The molecule has 4 aliphatic heterocycles. The number of nitrogens with one attached hydrogen (secondary N) is 1. The lowest BCUT2D eigenvalue weighted by Gasteiger charge is -2.47. The van der Waals surface area contributed by atoms with Gasteiger partial charge < -0.3 is 25.0 Å². The number of carbonyl (C=O) groups excluding carboxylic acids is 1. The van der Waals surface area contributed by atoms with Crippen molar-refractivity contribution < 1.29 is 24.1 Å². The minimum Gasteiger partial charge on any atom is -0.387 e. The number of hydrogen-bond donors (Lipinski definition) is 2. The van der Waals surface area contributed by atoms with Gasteiger partial charge in [0, 0.05) is 60.7 Å². The normalized spacial score (nSPS) is 21.2. The van der Waals surface area contributed by atoms with Crippen LogP contribution in [0.5, 0.6) is 5.75 Å². The van der Waals surface area contributed by atoms with Crippen molar-refractivity contribution in [1.82, 2.24) is 24.8 Å². The Hall–Kier alpha value is -4.38. The lowest BCUT2D eigenvalue weighted by atomic mass is 9.71. The van der Waals surface area contributed by atoms with Crippen molar-refractivity contribution in [1.29, 1.82) is 5.26 Å². The van der Waals surface area contributed by atoms with Crippen molar-refractivity contribution >= 4 is 23.2 Å². The molecular formula is C31H35FN8O4. The first-order valence-electron chi connectivity index (χ1n) is 14.9. The SMILES string of the molecule is N#Cc1cc(-c2ncnc(Nc3ccc(N4CCN(C5COC5)CC4)cc3)n2)ccc1OF.O=C(CO)N1CC2CC(C2)C1. The lowest BCUT2D eigenvalue weighted by Crippen LogP contribution is -2.56. The van der Waals surface area contributed by atoms with Gasteiger partial charge in [-0.2, -0.15) is 10.2 Å². The summed E-state index contributed by atoms with van der Waals surface area (Å²) < 4.78 is 17.8. The van der Waals surface area contributed by atoms with Gasteiger partial charge >= 0.3 is 0 Å². The van der Waals surface area contributed by atoms with E-state index >= 15 is 0 Å². The first-order chi connectivity index (χ1) is 21.5. The molecule has 3 aromatic rings. The highest BCUT2D eigenvalue weighted by atomic mass is 19.3. The summed E-state index contributed by atoms with van der Waals surface area (Å²) in [6.07, 6.45) is 3.99. The van der Waals surface area contributed by atoms with Gasteiger partial charge in [-0.15, -0.1) is 0 Å². The van der Waals surface area contributed by atoms with Crippen molar-refractivity contribution in [2.24, 2.45) is 11.8 Å². The molecule has 0 unspecified atom stereocenters. The van der Waals surface area contributed by atoms with Gasteiger partial charge in [0.05, 0.1) is 24.8 Å². The second-order valence-electron chi connectivity index (χ2n) is 11.6. The van der Waals surface area contributed by atoms with Crippen molar-refractivity contribution in [3.8, 4) is 23.2 Å². The summed E-state index contributed by atoms with van der Waals surface area (Å²) in [6, 6.07) is 15.1. The quantitative estimate of drug-likeness (QED) is 0.413. The maximum Gasteiger partial charge on any atom is 0.248 e. The fraction of sp³-hybridized carbons (Fsp3) is 0.452. The van der Waals surface area contributed by atoms with Gasteiger partial charge in [-0.25, -0.2) is 9.97 Å². The average Bonchev–Trinajstić information content (AvgIpc) is 3.04. The number of ether oxygens (including phenoxy) is 1. The highest BCUT2D eigenvalue weighted by molar-refractivity contribution is 5.77. The van der Waals surface area contributed by atoms with Crippen molar-refractivity contribution in [2.45, 2.75) is 18.9 Å². The van der Waals surface area contributed by atoms with Gasteiger partial charge in [0.1, 0.15) is 19.0 Å². The van der Waals surface area contributed by atoms with Gasteiger partial charge in [-0.05, 0) is 67.1 Å². The Morgan fingerprint density at radius 1 is 1.07 bits per heavy atom. The zero-order valence-corrected chi connectivity index (χ0v) is 24.3. The summed E-state index contributed by atoms with van der Waals surface area (Å²) >= 11 is 0. The van der Waals surface area contributed by atoms with Gasteiger partial charge in [0.2, 0.25) is 11.9 Å². The molecule has 44 heavy (non-hydrogen) atoms. The predicted octanol–water partition coefficient (Wildman–Crippen LogP) is 2.79. The van der Waals surface area contributed by atoms with Crippen LogP contribution in [0.15, 0.2) is 48.8 Å². The fourth-order valence-electron chi connectivity index (χ4n) is 6.16. The second kappa shape index (κ2) is 13.5. The standard InChI is InChI=1S/C23H22FN7O2.C8H13NO2/c24-33-21-6-1-16(11-17(21)12-25)22-26-15-27-23(29-22)28-18-2-4-19(5-3-18)30-7-9-31(10-8-30)20-13-32-14-20;10-5-8(11)9-3-6-1-7(2-6)4-9/h1-6,11,15,20H,7-10,13-14H2,(H,26,27,28,29);6-7,10H,1-5H2. The minimum atomic E-state index is -0.320. The smallest absolute Gasteiger partial charge is 0.248 e. The molecule has 2 bridgehead atoms. The highest BCUT2D eigenvalue weighted by Crippen LogP contribution is 2.39. The van der Waals surface area contributed by atoms with Crippen LogP contribution in [0.2, 0.25) is 0 Å². The van der Waals surface area contributed by atoms with E-state index in [0.29, 0.717) is 23.4 Å². The molecule has 1 aromatic heterocycles. The molecule has 1 amide bonds. The van der Waals surface area contributed by atoms with E-state index in [-0.39, 0.29) is 23.8 Å². The van der Waals surface area contributed by atoms with Crippen LogP contribution in [-0.2, 0) is 9.53 Å². The number of aliphatic hydroxyl groups excluding tert-OH is 1. The van der Waals surface area contributed by atoms with Gasteiger partial charge in [-0.1, -0.05) is 0 Å². The summed E-state index contributed by atoms with van der Waals surface area (Å²) in [6.45, 7) is 7.26. The minimum absolute atomic E-state index is 0.0577. The molecule has 230 valence electrons. The third-order valence-corrected chi connectivity index (χ3v) is 8.73. The molecule has 2 aromatic carbocycles. The second-order valence-corrected chi connectivity index (χ2v) is 11.6. The van der Waals surface area contributed by atoms with Crippen LogP contribution in [0.3, 0.4) is 0 Å². The molecule has 0 radical (unpaired) electrons. The number of aromatic nitrogens is 3. The number of aliphatic hydroxyl groups is 1. The summed E-state index contributed by atoms with van der Waals surface area (Å²) in [5.74, 6) is 1.97. The molecule has 13 heteroatoms. The number of halogens is 1. The van der Waals surface area contributed by atoms with E-state index in [1.807, 2.05) is 18.2 Å². The molecule has 5 fully saturated rings. The lowest BCUT2D eigenvalue weighted by molar-refractivity contribution is -0.140. The van der Waals surface area contributed by atoms with E-state index in [9.17, 15) is 9.32 Å². The number of piperazine rings is 1. The Balaban J connectivity index is 0.000000261. The van der Waals surface area contributed by atoms with Crippen LogP contribution in [0, 0.1) is 23.2 Å². The number of hydrogen-bond acceptors (Lipinski definition) is 11. The monoisotopic (exact) mass is 602 g/mol. The number of nitriles is 1. The zero-order valence-electron chi connectivity index (χ0n) is 24.3. The number of amides is 1. The number of piperidine rings is 2. The van der Waals surface area contributed by atoms with E-state index in [2.05, 4.69) is 47.1 Å². The summed E-state index contributed by atoms with van der Waals surface area (Å²) in [5.41, 5.74) is 2.64. The highest BCUT2D eigenvalue weighted by Gasteiger charge is 2.38. The van der Waals surface area contributed by atoms with Crippen molar-refractivity contribution in [2.75, 3.05) is 69.3 Å². The molecule has 0 atom stereocenters. The average molecular weight is 603 g/mol. The Morgan fingerprint density at radius 2 is 1.80 bits per heavy atom. The maximum absolute atomic E-state index is 12.5. The van der Waals surface area contributed by atoms with Crippen molar-refractivity contribution in [3.05, 3.63) is 54.4 Å². The summed E-state index contributed by atoms with van der Waals surface area (Å²) in [4.78, 5) is 34.2. The van der Waals surface area contributed by atoms with E-state index in [4.69, 9.17) is 15.1 Å². The molecule has 4 saturated heterocycles. The maximum atomic E-state index is 12.5. The topological polar surface area (TPSA) is 140 Å². The summed E-state index contributed by atoms with van der Waals surface area (Å²) in [5, 5.41) is 20.9. The number of benzene rings is 2. The van der Waals surface area contributed by atoms with Crippen LogP contribution in [0.1, 0.15) is 18.4 Å². The van der Waals surface area contributed by atoms with Crippen LogP contribution < -0.4 is 15.2 Å². The molecule has 0 spiro atoms. The molecule has 5 heterocycles. The van der Waals surface area contributed by atoms with Gasteiger partial charge in [0.15, 0.2) is 11.6 Å². The Morgan fingerprint density at radius 3 is 2.41 bits per heavy atom. The zero-order chi connectivity index (χ0) is 30.5. The number of anilines is 3. The number of carbonyl (C=O) groups is 1. The Bertz CT molecular complexity index is 1470. The van der Waals surface area contributed by atoms with Crippen LogP contribution >= 0.6 is 0 Å². The van der Waals surface area contributed by atoms with Crippen LogP contribution in [0.4, 0.5) is 21.8 Å². The molecule has 5 aliphatic rings. The predicted molar refractivity (Wildman–Crippen MR) is 160 cm³/mol. The number of nitrogens with zero attached hydrogens (tertiary/aromatic N) is 7. The largest absolute Gasteiger partial charge is 0.387 e. The molecular weight excluding hydrogens is 567 g/mol. The summed E-state index contributed by atoms with van der Waals surface area (Å²) in [7, 11) is 0. The Labute approximate surface area is 254 Å². The van der Waals surface area contributed by atoms with Crippen LogP contribution in [0.25, 0.3) is 11.4 Å². The number of fused-ring (bicyclic) bond motifs is 2. The molecule has 2 N–H and O–H groups in total. The first-order valence-corrected chi connectivity index (χ1v) is 14.9. The van der Waals surface area contributed by atoms with E-state index in [0.717, 1.165) is 70.0 Å². The molecule has 1 aliphatic carbocycles. The first kappa shape index (κ1) is 29.7. The van der Waals surface area contributed by atoms with Crippen molar-refractivity contribution in [3.63, 3.8) is 0 Å². The third-order valence-electron chi connectivity index (χ3n) is 8.73. The fourth-order valence-corrected chi connectivity index (χ4v) is 6.16. The number of rotatable bonds is 7. The Kier molecular flexibility index (Phi) is 9.11. The molecule has 1 saturated carbocycles. The van der Waals surface area contributed by atoms with E-state index in [1.54, 1.807) is 11.0 Å². The van der Waals surface area contributed by atoms with E-state index < -0.39 is 0 Å². The third kappa shape index (κ3) is 6.72. The molecule has 12 nitrogen and oxygen atoms in total. The van der Waals surface area contributed by atoms with Crippen LogP contribution in [-0.4, -0.2) is 101 Å². The van der Waals surface area contributed by atoms with Gasteiger partial charge in [0.25, 0.3) is 0 Å². The molecule has 8 rings (SSSR count). The van der Waals surface area contributed by atoms with E-state index in [1.165, 1.54) is 37.0 Å².